The molecular formula is C27H23ClN2O5. The second-order valence-corrected chi connectivity index (χ2v) is 8.09. The molecule has 0 aliphatic heterocycles. The Morgan fingerprint density at radius 1 is 1.11 bits per heavy atom. The van der Waals surface area contributed by atoms with Crippen LogP contribution in [-0.4, -0.2) is 27.5 Å². The fourth-order valence-corrected chi connectivity index (χ4v) is 3.87. The van der Waals surface area contributed by atoms with Crippen molar-refractivity contribution in [1.82, 2.24) is 9.78 Å². The number of hydrogen-bond donors (Lipinski definition) is 2. The van der Waals surface area contributed by atoms with Gasteiger partial charge in [0, 0.05) is 0 Å². The predicted molar refractivity (Wildman–Crippen MR) is 135 cm³/mol. The standard InChI is InChI=1S/C27H23ClN2O5/c1-3-34-24-15-19(13-22-17(2)29-30(26(22)31)21-10-5-4-6-11-21)14-23(28)25(24)35-16-18-8-7-9-20(12-18)27(32)33/h4-15,29H,2-3,16H2,1H3,(H,32,33)/b22-13-. The molecule has 0 unspecified atom stereocenters. The predicted octanol–water partition coefficient (Wildman–Crippen LogP) is 3.73. The molecule has 0 fully saturated rings. The molecule has 1 heterocycles. The van der Waals surface area contributed by atoms with E-state index in [4.69, 9.17) is 21.1 Å². The highest BCUT2D eigenvalue weighted by atomic mass is 35.5. The summed E-state index contributed by atoms with van der Waals surface area (Å²) < 4.78 is 13.1. The molecule has 0 spiro atoms. The first-order valence-electron chi connectivity index (χ1n) is 10.9. The van der Waals surface area contributed by atoms with Gasteiger partial charge in [-0.2, -0.15) is 0 Å². The van der Waals surface area contributed by atoms with Crippen molar-refractivity contribution in [2.75, 3.05) is 6.61 Å². The van der Waals surface area contributed by atoms with E-state index in [1.54, 1.807) is 30.3 Å². The molecule has 4 rings (SSSR count). The Bertz CT molecular complexity index is 1540. The lowest BCUT2D eigenvalue weighted by atomic mass is 10.1. The number of nitrogens with zero attached hydrogens (tertiary/aromatic N) is 1. The van der Waals surface area contributed by atoms with E-state index in [9.17, 15) is 14.7 Å². The summed E-state index contributed by atoms with van der Waals surface area (Å²) in [4.78, 5) is 24.2. The lowest BCUT2D eigenvalue weighted by Gasteiger charge is -2.14. The van der Waals surface area contributed by atoms with E-state index >= 15 is 0 Å². The average molecular weight is 491 g/mol. The lowest BCUT2D eigenvalue weighted by Crippen LogP contribution is -2.33. The Labute approximate surface area is 206 Å². The van der Waals surface area contributed by atoms with E-state index in [0.29, 0.717) is 50.5 Å². The van der Waals surface area contributed by atoms with Crippen LogP contribution >= 0.6 is 11.6 Å². The average Bonchev–Trinajstić information content (AvgIpc) is 3.13. The molecule has 35 heavy (non-hydrogen) atoms. The minimum atomic E-state index is -1.01. The topological polar surface area (TPSA) is 93.6 Å². The Morgan fingerprint density at radius 3 is 2.60 bits per heavy atom. The number of carboxylic acids is 1. The minimum absolute atomic E-state index is 0.104. The van der Waals surface area contributed by atoms with Gasteiger partial charge < -0.3 is 14.6 Å². The number of carbonyl (C=O) groups is 1. The van der Waals surface area contributed by atoms with Gasteiger partial charge in [0.25, 0.3) is 5.56 Å². The van der Waals surface area contributed by atoms with Crippen molar-refractivity contribution in [2.24, 2.45) is 0 Å². The zero-order chi connectivity index (χ0) is 24.9. The van der Waals surface area contributed by atoms with Crippen molar-refractivity contribution < 1.29 is 19.4 Å². The number of hydrogen-bond acceptors (Lipinski definition) is 4. The van der Waals surface area contributed by atoms with Gasteiger partial charge in [-0.05, 0) is 60.5 Å². The number of ether oxygens (including phenoxy) is 2. The zero-order valence-corrected chi connectivity index (χ0v) is 19.7. The molecular weight excluding hydrogens is 468 g/mol. The van der Waals surface area contributed by atoms with E-state index in [2.05, 4.69) is 11.7 Å². The summed E-state index contributed by atoms with van der Waals surface area (Å²) in [6, 6.07) is 19.1. The maximum Gasteiger partial charge on any atom is 0.335 e. The number of nitrogens with one attached hydrogen (secondary N) is 1. The quantitative estimate of drug-likeness (QED) is 0.392. The van der Waals surface area contributed by atoms with Gasteiger partial charge in [-0.1, -0.05) is 48.5 Å². The van der Waals surface area contributed by atoms with Gasteiger partial charge in [0.2, 0.25) is 0 Å². The molecule has 0 aliphatic rings. The molecule has 0 atom stereocenters. The Balaban J connectivity index is 1.69. The van der Waals surface area contributed by atoms with Crippen molar-refractivity contribution in [3.8, 4) is 17.2 Å². The SMILES string of the molecule is C=c1[nH]n(-c2ccccc2)c(=O)/c1=C\c1cc(Cl)c(OCc2cccc(C(=O)O)c2)c(OCC)c1. The molecule has 0 radical (unpaired) electrons. The van der Waals surface area contributed by atoms with Gasteiger partial charge in [0.05, 0.1) is 33.4 Å². The van der Waals surface area contributed by atoms with Crippen LogP contribution in [0.25, 0.3) is 18.3 Å². The third-order valence-corrected chi connectivity index (χ3v) is 5.50. The smallest absolute Gasteiger partial charge is 0.335 e. The van der Waals surface area contributed by atoms with Crippen LogP contribution in [0.2, 0.25) is 5.02 Å². The number of aromatic amines is 1. The van der Waals surface area contributed by atoms with Crippen molar-refractivity contribution in [1.29, 1.82) is 0 Å². The van der Waals surface area contributed by atoms with E-state index in [-0.39, 0.29) is 17.7 Å². The lowest BCUT2D eigenvalue weighted by molar-refractivity contribution is 0.0696. The highest BCUT2D eigenvalue weighted by Gasteiger charge is 2.14. The zero-order valence-electron chi connectivity index (χ0n) is 19.0. The fraction of sp³-hybridized carbons (Fsp3) is 0.111. The number of benzene rings is 3. The van der Waals surface area contributed by atoms with Gasteiger partial charge >= 0.3 is 5.97 Å². The Hall–Kier alpha value is -4.23. The van der Waals surface area contributed by atoms with E-state index in [0.717, 1.165) is 0 Å². The molecule has 0 amide bonds. The first-order chi connectivity index (χ1) is 16.9. The highest BCUT2D eigenvalue weighted by Crippen LogP contribution is 2.37. The maximum atomic E-state index is 13.0. The van der Waals surface area contributed by atoms with E-state index in [1.807, 2.05) is 37.3 Å². The van der Waals surface area contributed by atoms with Crippen LogP contribution in [0.5, 0.6) is 11.5 Å². The van der Waals surface area contributed by atoms with Crippen LogP contribution in [0.3, 0.4) is 0 Å². The molecule has 4 aromatic rings. The summed E-state index contributed by atoms with van der Waals surface area (Å²) >= 11 is 6.54. The number of halogens is 1. The second-order valence-electron chi connectivity index (χ2n) is 7.68. The van der Waals surface area contributed by atoms with Crippen LogP contribution in [0.1, 0.15) is 28.4 Å². The number of carboxylic acid groups (broad SMARTS) is 1. The molecule has 0 aliphatic carbocycles. The molecule has 178 valence electrons. The molecule has 0 bridgehead atoms. The van der Waals surface area contributed by atoms with Crippen LogP contribution < -0.4 is 25.6 Å². The van der Waals surface area contributed by atoms with Crippen molar-refractivity contribution in [2.45, 2.75) is 13.5 Å². The number of rotatable bonds is 8. The number of para-hydroxylation sites is 1. The van der Waals surface area contributed by atoms with Gasteiger partial charge in [-0.15, -0.1) is 0 Å². The molecule has 2 N–H and O–H groups in total. The minimum Gasteiger partial charge on any atom is -0.490 e. The van der Waals surface area contributed by atoms with Gasteiger partial charge in [-0.25, -0.2) is 9.48 Å². The van der Waals surface area contributed by atoms with Crippen LogP contribution in [0.15, 0.2) is 71.5 Å². The summed E-state index contributed by atoms with van der Waals surface area (Å²) in [6.07, 6.45) is 1.69. The van der Waals surface area contributed by atoms with Gasteiger partial charge in [-0.3, -0.25) is 9.89 Å². The molecule has 7 nitrogen and oxygen atoms in total. The molecule has 1 aromatic heterocycles. The van der Waals surface area contributed by atoms with Gasteiger partial charge in [0.15, 0.2) is 11.5 Å². The second kappa shape index (κ2) is 10.4. The molecule has 8 heteroatoms. The first kappa shape index (κ1) is 23.9. The van der Waals surface area contributed by atoms with E-state index < -0.39 is 5.97 Å². The van der Waals surface area contributed by atoms with Crippen molar-refractivity contribution in [3.63, 3.8) is 0 Å². The summed E-state index contributed by atoms with van der Waals surface area (Å²) in [6.45, 7) is 6.28. The first-order valence-corrected chi connectivity index (χ1v) is 11.2. The Kier molecular flexibility index (Phi) is 7.08. The normalized spacial score (nSPS) is 11.4. The van der Waals surface area contributed by atoms with Crippen molar-refractivity contribution >= 4 is 30.2 Å². The molecule has 0 saturated carbocycles. The fourth-order valence-electron chi connectivity index (χ4n) is 3.59. The van der Waals surface area contributed by atoms with Gasteiger partial charge in [0.1, 0.15) is 6.61 Å². The highest BCUT2D eigenvalue weighted by molar-refractivity contribution is 6.32. The van der Waals surface area contributed by atoms with Crippen LogP contribution in [0, 0.1) is 0 Å². The van der Waals surface area contributed by atoms with Crippen molar-refractivity contribution in [3.05, 3.63) is 109 Å². The Morgan fingerprint density at radius 2 is 1.89 bits per heavy atom. The van der Waals surface area contributed by atoms with Crippen LogP contribution in [-0.2, 0) is 6.61 Å². The number of aromatic nitrogens is 2. The number of aromatic carboxylic acids is 1. The summed E-state index contributed by atoms with van der Waals surface area (Å²) in [5, 5.41) is 13.3. The summed E-state index contributed by atoms with van der Waals surface area (Å²) in [7, 11) is 0. The maximum absolute atomic E-state index is 13.0. The summed E-state index contributed by atoms with van der Waals surface area (Å²) in [5.74, 6) is -0.275. The monoisotopic (exact) mass is 490 g/mol. The largest absolute Gasteiger partial charge is 0.490 e. The molecule has 3 aromatic carbocycles. The summed E-state index contributed by atoms with van der Waals surface area (Å²) in [5.41, 5.74) is 1.94. The van der Waals surface area contributed by atoms with Crippen LogP contribution in [0.4, 0.5) is 0 Å². The van der Waals surface area contributed by atoms with E-state index in [1.165, 1.54) is 16.8 Å². The third kappa shape index (κ3) is 5.31. The molecule has 0 saturated heterocycles. The number of H-pyrrole nitrogens is 1. The third-order valence-electron chi connectivity index (χ3n) is 5.22.